The molecule has 1 aromatic heterocycles. The normalized spacial score (nSPS) is 11.6. The van der Waals surface area contributed by atoms with Crippen molar-refractivity contribution in [3.05, 3.63) is 51.8 Å². The van der Waals surface area contributed by atoms with Crippen LogP contribution in [0.5, 0.6) is 0 Å². The third-order valence-electron chi connectivity index (χ3n) is 3.80. The quantitative estimate of drug-likeness (QED) is 0.822. The molecule has 0 spiro atoms. The molecule has 124 valence electrons. The topological polar surface area (TPSA) is 34.0 Å². The van der Waals surface area contributed by atoms with Crippen LogP contribution in [-0.4, -0.2) is 16.9 Å². The minimum atomic E-state index is -4.55. The predicted octanol–water partition coefficient (Wildman–Crippen LogP) is 4.61. The zero-order valence-corrected chi connectivity index (χ0v) is 13.6. The number of hydrogen-bond acceptors (Lipinski definition) is 2. The van der Waals surface area contributed by atoms with Crippen molar-refractivity contribution in [2.75, 3.05) is 11.9 Å². The van der Waals surface area contributed by atoms with Gasteiger partial charge in [0.05, 0.1) is 12.1 Å². The van der Waals surface area contributed by atoms with Gasteiger partial charge in [-0.15, -0.1) is 0 Å². The maximum Gasteiger partial charge on any atom is 0.418 e. The van der Waals surface area contributed by atoms with E-state index < -0.39 is 11.7 Å². The number of alkyl halides is 3. The fourth-order valence-electron chi connectivity index (χ4n) is 2.31. The molecular weight excluding hydrogens is 329 g/mol. The number of rotatable bonds is 4. The van der Waals surface area contributed by atoms with E-state index in [1.807, 2.05) is 18.5 Å². The highest BCUT2D eigenvalue weighted by atomic mass is 35.5. The Morgan fingerprint density at radius 2 is 1.91 bits per heavy atom. The SMILES string of the molecule is Cc1cc(C(=O)CNc2ccc(Cl)cc2C(F)(F)F)c(C)n1C. The first-order valence-corrected chi connectivity index (χ1v) is 7.25. The Bertz CT molecular complexity index is 751. The maximum absolute atomic E-state index is 13.0. The van der Waals surface area contributed by atoms with Crippen LogP contribution >= 0.6 is 11.6 Å². The summed E-state index contributed by atoms with van der Waals surface area (Å²) in [6.45, 7) is 3.43. The van der Waals surface area contributed by atoms with Gasteiger partial charge in [0.15, 0.2) is 5.78 Å². The summed E-state index contributed by atoms with van der Waals surface area (Å²) < 4.78 is 40.9. The molecule has 3 nitrogen and oxygen atoms in total. The van der Waals surface area contributed by atoms with Crippen LogP contribution in [0.2, 0.25) is 5.02 Å². The number of anilines is 1. The van der Waals surface area contributed by atoms with Crippen LogP contribution in [0.1, 0.15) is 27.3 Å². The molecule has 0 saturated carbocycles. The van der Waals surface area contributed by atoms with Crippen molar-refractivity contribution in [3.8, 4) is 0 Å². The fraction of sp³-hybridized carbons (Fsp3) is 0.312. The molecular formula is C16H16ClF3N2O. The van der Waals surface area contributed by atoms with Gasteiger partial charge in [0.25, 0.3) is 0 Å². The van der Waals surface area contributed by atoms with Crippen LogP contribution in [0.3, 0.4) is 0 Å². The molecule has 0 saturated heterocycles. The van der Waals surface area contributed by atoms with Gasteiger partial charge in [-0.2, -0.15) is 13.2 Å². The number of carbonyl (C=O) groups is 1. The summed E-state index contributed by atoms with van der Waals surface area (Å²) in [6.07, 6.45) is -4.55. The first kappa shape index (κ1) is 17.4. The van der Waals surface area contributed by atoms with E-state index in [1.54, 1.807) is 13.0 Å². The van der Waals surface area contributed by atoms with Gasteiger partial charge in [-0.3, -0.25) is 4.79 Å². The van der Waals surface area contributed by atoms with Crippen LogP contribution in [0.15, 0.2) is 24.3 Å². The summed E-state index contributed by atoms with van der Waals surface area (Å²) in [5, 5.41) is 2.55. The molecule has 0 amide bonds. The Labute approximate surface area is 137 Å². The van der Waals surface area contributed by atoms with Crippen LogP contribution in [0.4, 0.5) is 18.9 Å². The summed E-state index contributed by atoms with van der Waals surface area (Å²) in [5.41, 5.74) is 1.13. The van der Waals surface area contributed by atoms with Crippen molar-refractivity contribution in [2.24, 2.45) is 7.05 Å². The summed E-state index contributed by atoms with van der Waals surface area (Å²) >= 11 is 5.62. The van der Waals surface area contributed by atoms with E-state index in [0.717, 1.165) is 17.5 Å². The van der Waals surface area contributed by atoms with Crippen LogP contribution < -0.4 is 5.32 Å². The van der Waals surface area contributed by atoms with Gasteiger partial charge >= 0.3 is 6.18 Å². The van der Waals surface area contributed by atoms with Crippen LogP contribution in [0, 0.1) is 13.8 Å². The van der Waals surface area contributed by atoms with Gasteiger partial charge in [-0.05, 0) is 38.1 Å². The number of nitrogens with one attached hydrogen (secondary N) is 1. The Balaban J connectivity index is 2.21. The highest BCUT2D eigenvalue weighted by molar-refractivity contribution is 6.30. The van der Waals surface area contributed by atoms with Gasteiger partial charge in [-0.1, -0.05) is 11.6 Å². The maximum atomic E-state index is 13.0. The lowest BCUT2D eigenvalue weighted by molar-refractivity contribution is -0.136. The molecule has 1 aromatic carbocycles. The molecule has 0 aliphatic carbocycles. The molecule has 0 unspecified atom stereocenters. The van der Waals surface area contributed by atoms with E-state index >= 15 is 0 Å². The predicted molar refractivity (Wildman–Crippen MR) is 84.2 cm³/mol. The Morgan fingerprint density at radius 3 is 2.43 bits per heavy atom. The summed E-state index contributed by atoms with van der Waals surface area (Å²) in [4.78, 5) is 12.2. The van der Waals surface area contributed by atoms with E-state index in [0.29, 0.717) is 5.56 Å². The van der Waals surface area contributed by atoms with Crippen molar-refractivity contribution in [1.82, 2.24) is 4.57 Å². The first-order valence-electron chi connectivity index (χ1n) is 6.88. The smallest absolute Gasteiger partial charge is 0.377 e. The second-order valence-corrected chi connectivity index (χ2v) is 5.74. The second kappa shape index (κ2) is 6.28. The molecule has 2 rings (SSSR count). The highest BCUT2D eigenvalue weighted by Gasteiger charge is 2.33. The summed E-state index contributed by atoms with van der Waals surface area (Å²) in [7, 11) is 1.83. The number of ketones is 1. The monoisotopic (exact) mass is 344 g/mol. The second-order valence-electron chi connectivity index (χ2n) is 5.31. The molecule has 0 atom stereocenters. The number of aryl methyl sites for hydroxylation is 1. The average Bonchev–Trinajstić information content (AvgIpc) is 2.72. The number of nitrogens with zero attached hydrogens (tertiary/aromatic N) is 1. The van der Waals surface area contributed by atoms with Crippen molar-refractivity contribution in [2.45, 2.75) is 20.0 Å². The number of hydrogen-bond donors (Lipinski definition) is 1. The minimum Gasteiger partial charge on any atom is -0.377 e. The molecule has 23 heavy (non-hydrogen) atoms. The van der Waals surface area contributed by atoms with E-state index in [9.17, 15) is 18.0 Å². The lowest BCUT2D eigenvalue weighted by atomic mass is 10.1. The number of halogens is 4. The molecule has 0 aliphatic rings. The van der Waals surface area contributed by atoms with Crippen molar-refractivity contribution in [3.63, 3.8) is 0 Å². The van der Waals surface area contributed by atoms with Gasteiger partial charge in [0, 0.05) is 34.7 Å². The zero-order valence-electron chi connectivity index (χ0n) is 12.9. The number of benzene rings is 1. The summed E-state index contributed by atoms with van der Waals surface area (Å²) in [5.74, 6) is -0.269. The Kier molecular flexibility index (Phi) is 4.75. The fourth-order valence-corrected chi connectivity index (χ4v) is 2.49. The van der Waals surface area contributed by atoms with Crippen molar-refractivity contribution >= 4 is 23.1 Å². The van der Waals surface area contributed by atoms with E-state index in [-0.39, 0.29) is 23.0 Å². The van der Waals surface area contributed by atoms with E-state index in [1.165, 1.54) is 12.1 Å². The number of Topliss-reactive ketones (excluding diaryl/α,β-unsaturated/α-hetero) is 1. The molecule has 1 heterocycles. The Hall–Kier alpha value is -1.95. The minimum absolute atomic E-state index is 0.0104. The summed E-state index contributed by atoms with van der Waals surface area (Å²) in [6, 6.07) is 5.14. The lowest BCUT2D eigenvalue weighted by Gasteiger charge is -2.14. The third kappa shape index (κ3) is 3.69. The van der Waals surface area contributed by atoms with Gasteiger partial charge in [-0.25, -0.2) is 0 Å². The van der Waals surface area contributed by atoms with E-state index in [4.69, 9.17) is 11.6 Å². The molecule has 2 aromatic rings. The van der Waals surface area contributed by atoms with E-state index in [2.05, 4.69) is 5.32 Å². The molecule has 0 bridgehead atoms. The molecule has 0 fully saturated rings. The van der Waals surface area contributed by atoms with Crippen LogP contribution in [-0.2, 0) is 13.2 Å². The standard InChI is InChI=1S/C16H16ClF3N2O/c1-9-6-12(10(2)22(9)3)15(23)8-21-14-5-4-11(17)7-13(14)16(18,19)20/h4-7,21H,8H2,1-3H3. The highest BCUT2D eigenvalue weighted by Crippen LogP contribution is 2.36. The van der Waals surface area contributed by atoms with Crippen molar-refractivity contribution in [1.29, 1.82) is 0 Å². The molecule has 7 heteroatoms. The van der Waals surface area contributed by atoms with Crippen molar-refractivity contribution < 1.29 is 18.0 Å². The number of aromatic nitrogens is 1. The third-order valence-corrected chi connectivity index (χ3v) is 4.04. The first-order chi connectivity index (χ1) is 10.6. The van der Waals surface area contributed by atoms with Crippen LogP contribution in [0.25, 0.3) is 0 Å². The average molecular weight is 345 g/mol. The molecule has 1 N–H and O–H groups in total. The lowest BCUT2D eigenvalue weighted by Crippen LogP contribution is -2.18. The Morgan fingerprint density at radius 1 is 1.26 bits per heavy atom. The van der Waals surface area contributed by atoms with Gasteiger partial charge in [0.2, 0.25) is 0 Å². The molecule has 0 radical (unpaired) electrons. The van der Waals surface area contributed by atoms with Gasteiger partial charge < -0.3 is 9.88 Å². The largest absolute Gasteiger partial charge is 0.418 e. The van der Waals surface area contributed by atoms with Gasteiger partial charge in [0.1, 0.15) is 0 Å². The number of carbonyl (C=O) groups excluding carboxylic acids is 1. The zero-order chi connectivity index (χ0) is 17.4. The molecule has 0 aliphatic heterocycles.